The number of benzene rings is 1. The molecule has 0 aromatic heterocycles. The van der Waals surface area contributed by atoms with Gasteiger partial charge in [-0.05, 0) is 37.0 Å². The first-order chi connectivity index (χ1) is 9.00. The molecule has 1 saturated heterocycles. The lowest BCUT2D eigenvalue weighted by Crippen LogP contribution is -2.31. The summed E-state index contributed by atoms with van der Waals surface area (Å²) < 4.78 is 43.5. The predicted molar refractivity (Wildman–Crippen MR) is 65.1 cm³/mol. The number of nitrogens with two attached hydrogens (primary N) is 1. The highest BCUT2D eigenvalue weighted by Crippen LogP contribution is 2.32. The van der Waals surface area contributed by atoms with E-state index in [0.717, 1.165) is 25.0 Å². The fraction of sp³-hybridized carbons (Fsp3) is 0.538. The Kier molecular flexibility index (Phi) is 4.44. The Hall–Kier alpha value is -1.11. The first-order valence-electron chi connectivity index (χ1n) is 6.25. The Morgan fingerprint density at radius 2 is 2.21 bits per heavy atom. The van der Waals surface area contributed by atoms with Crippen LogP contribution >= 0.6 is 0 Å². The van der Waals surface area contributed by atoms with Gasteiger partial charge in [0.05, 0.1) is 11.7 Å². The van der Waals surface area contributed by atoms with Crippen molar-refractivity contribution in [2.75, 3.05) is 6.61 Å². The summed E-state index contributed by atoms with van der Waals surface area (Å²) in [6.45, 7) is 0.713. The van der Waals surface area contributed by atoms with E-state index in [2.05, 4.69) is 5.43 Å². The molecule has 1 heterocycles. The van der Waals surface area contributed by atoms with Gasteiger partial charge in [0.25, 0.3) is 0 Å². The van der Waals surface area contributed by atoms with Crippen molar-refractivity contribution < 1.29 is 17.9 Å². The molecule has 0 aliphatic carbocycles. The maximum absolute atomic E-state index is 12.7. The number of rotatable bonds is 4. The smallest absolute Gasteiger partial charge is 0.378 e. The molecule has 1 aliphatic rings. The van der Waals surface area contributed by atoms with Gasteiger partial charge in [0, 0.05) is 12.6 Å². The zero-order chi connectivity index (χ0) is 13.9. The summed E-state index contributed by atoms with van der Waals surface area (Å²) >= 11 is 0. The minimum absolute atomic E-state index is 0.0654. The van der Waals surface area contributed by atoms with Crippen LogP contribution in [-0.4, -0.2) is 12.7 Å². The van der Waals surface area contributed by atoms with Crippen LogP contribution in [0.4, 0.5) is 13.2 Å². The van der Waals surface area contributed by atoms with E-state index in [1.165, 1.54) is 6.07 Å². The molecule has 0 saturated carbocycles. The number of ether oxygens (including phenoxy) is 1. The van der Waals surface area contributed by atoms with Gasteiger partial charge in [-0.3, -0.25) is 11.3 Å². The van der Waals surface area contributed by atoms with E-state index in [9.17, 15) is 13.2 Å². The highest BCUT2D eigenvalue weighted by Gasteiger charge is 2.31. The van der Waals surface area contributed by atoms with Gasteiger partial charge in [0.2, 0.25) is 0 Å². The molecule has 1 aromatic rings. The van der Waals surface area contributed by atoms with Gasteiger partial charge >= 0.3 is 6.18 Å². The standard InChI is InChI=1S/C13H17F3N2O/c14-13(15,16)10-4-1-3-9(7-10)12(18-17)8-11-5-2-6-19-11/h1,3-4,7,11-12,18H,2,5-6,8,17H2. The van der Waals surface area contributed by atoms with Crippen LogP contribution in [0.15, 0.2) is 24.3 Å². The monoisotopic (exact) mass is 274 g/mol. The molecule has 1 aromatic carbocycles. The van der Waals surface area contributed by atoms with Crippen molar-refractivity contribution in [3.8, 4) is 0 Å². The second-order valence-corrected chi connectivity index (χ2v) is 4.71. The second-order valence-electron chi connectivity index (χ2n) is 4.71. The van der Waals surface area contributed by atoms with E-state index in [1.807, 2.05) is 0 Å². The molecule has 19 heavy (non-hydrogen) atoms. The van der Waals surface area contributed by atoms with Gasteiger partial charge in [-0.2, -0.15) is 13.2 Å². The predicted octanol–water partition coefficient (Wildman–Crippen LogP) is 2.78. The molecule has 0 radical (unpaired) electrons. The molecular formula is C13H17F3N2O. The van der Waals surface area contributed by atoms with Crippen LogP contribution in [0, 0.1) is 0 Å². The van der Waals surface area contributed by atoms with Gasteiger partial charge in [-0.15, -0.1) is 0 Å². The van der Waals surface area contributed by atoms with E-state index in [-0.39, 0.29) is 12.1 Å². The Morgan fingerprint density at radius 3 is 2.79 bits per heavy atom. The SMILES string of the molecule is NNC(CC1CCCO1)c1cccc(C(F)(F)F)c1. The summed E-state index contributed by atoms with van der Waals surface area (Å²) in [7, 11) is 0. The van der Waals surface area contributed by atoms with Crippen LogP contribution in [0.2, 0.25) is 0 Å². The van der Waals surface area contributed by atoms with E-state index >= 15 is 0 Å². The number of hydrogen-bond donors (Lipinski definition) is 2. The fourth-order valence-corrected chi connectivity index (χ4v) is 2.33. The molecule has 0 bridgehead atoms. The van der Waals surface area contributed by atoms with Crippen molar-refractivity contribution in [1.29, 1.82) is 0 Å². The lowest BCUT2D eigenvalue weighted by molar-refractivity contribution is -0.137. The molecule has 6 heteroatoms. The molecule has 3 N–H and O–H groups in total. The van der Waals surface area contributed by atoms with Crippen LogP contribution in [-0.2, 0) is 10.9 Å². The normalized spacial score (nSPS) is 21.6. The molecule has 3 nitrogen and oxygen atoms in total. The quantitative estimate of drug-likeness (QED) is 0.655. The maximum Gasteiger partial charge on any atom is 0.416 e. The molecule has 2 unspecified atom stereocenters. The Morgan fingerprint density at radius 1 is 1.42 bits per heavy atom. The maximum atomic E-state index is 12.7. The lowest BCUT2D eigenvalue weighted by Gasteiger charge is -2.20. The second kappa shape index (κ2) is 5.90. The van der Waals surface area contributed by atoms with Crippen LogP contribution < -0.4 is 11.3 Å². The molecular weight excluding hydrogens is 257 g/mol. The number of nitrogens with one attached hydrogen (secondary N) is 1. The fourth-order valence-electron chi connectivity index (χ4n) is 2.33. The number of alkyl halides is 3. The third-order valence-corrected chi connectivity index (χ3v) is 3.34. The molecule has 0 spiro atoms. The van der Waals surface area contributed by atoms with Crippen molar-refractivity contribution in [2.45, 2.75) is 37.6 Å². The van der Waals surface area contributed by atoms with Gasteiger partial charge in [0.1, 0.15) is 0 Å². The highest BCUT2D eigenvalue weighted by molar-refractivity contribution is 5.28. The van der Waals surface area contributed by atoms with E-state index < -0.39 is 11.7 Å². The van der Waals surface area contributed by atoms with E-state index in [0.29, 0.717) is 18.6 Å². The average Bonchev–Trinajstić information content (AvgIpc) is 2.88. The summed E-state index contributed by atoms with van der Waals surface area (Å²) in [5.74, 6) is 5.46. The Balaban J connectivity index is 2.13. The zero-order valence-corrected chi connectivity index (χ0v) is 10.4. The zero-order valence-electron chi connectivity index (χ0n) is 10.4. The van der Waals surface area contributed by atoms with Crippen molar-refractivity contribution in [3.63, 3.8) is 0 Å². The lowest BCUT2D eigenvalue weighted by atomic mass is 9.98. The minimum Gasteiger partial charge on any atom is -0.378 e. The summed E-state index contributed by atoms with van der Waals surface area (Å²) in [5, 5.41) is 0. The van der Waals surface area contributed by atoms with E-state index in [4.69, 9.17) is 10.6 Å². The van der Waals surface area contributed by atoms with Gasteiger partial charge < -0.3 is 4.74 Å². The number of halogens is 3. The molecule has 106 valence electrons. The third-order valence-electron chi connectivity index (χ3n) is 3.34. The van der Waals surface area contributed by atoms with Crippen LogP contribution in [0.3, 0.4) is 0 Å². The van der Waals surface area contributed by atoms with Crippen molar-refractivity contribution in [1.82, 2.24) is 5.43 Å². The van der Waals surface area contributed by atoms with Gasteiger partial charge in [-0.1, -0.05) is 12.1 Å². The van der Waals surface area contributed by atoms with Gasteiger partial charge in [-0.25, -0.2) is 0 Å². The highest BCUT2D eigenvalue weighted by atomic mass is 19.4. The summed E-state index contributed by atoms with van der Waals surface area (Å²) in [6.07, 6.45) is -1.77. The molecule has 2 atom stereocenters. The van der Waals surface area contributed by atoms with Crippen LogP contribution in [0.1, 0.15) is 36.4 Å². The number of hydrogen-bond acceptors (Lipinski definition) is 3. The Labute approximate surface area is 109 Å². The topological polar surface area (TPSA) is 47.3 Å². The average molecular weight is 274 g/mol. The van der Waals surface area contributed by atoms with Gasteiger partial charge in [0.15, 0.2) is 0 Å². The first-order valence-corrected chi connectivity index (χ1v) is 6.25. The summed E-state index contributed by atoms with van der Waals surface area (Å²) in [4.78, 5) is 0. The minimum atomic E-state index is -4.33. The molecule has 0 amide bonds. The van der Waals surface area contributed by atoms with E-state index in [1.54, 1.807) is 6.07 Å². The van der Waals surface area contributed by atoms with Crippen molar-refractivity contribution >= 4 is 0 Å². The van der Waals surface area contributed by atoms with Crippen molar-refractivity contribution in [3.05, 3.63) is 35.4 Å². The van der Waals surface area contributed by atoms with Crippen LogP contribution in [0.5, 0.6) is 0 Å². The van der Waals surface area contributed by atoms with Crippen molar-refractivity contribution in [2.24, 2.45) is 5.84 Å². The Bertz CT molecular complexity index is 417. The largest absolute Gasteiger partial charge is 0.416 e. The summed E-state index contributed by atoms with van der Waals surface area (Å²) in [5.41, 5.74) is 2.46. The third kappa shape index (κ3) is 3.68. The first kappa shape index (κ1) is 14.3. The molecule has 2 rings (SSSR count). The number of hydrazine groups is 1. The van der Waals surface area contributed by atoms with Crippen LogP contribution in [0.25, 0.3) is 0 Å². The molecule has 1 aliphatic heterocycles. The summed E-state index contributed by atoms with van der Waals surface area (Å²) in [6, 6.07) is 4.92. The molecule has 1 fully saturated rings.